The minimum absolute atomic E-state index is 0.00273. The maximum atomic E-state index is 12.4. The molecule has 0 spiro atoms. The van der Waals surface area contributed by atoms with Crippen LogP contribution >= 0.6 is 0 Å². The number of pyridine rings is 1. The predicted molar refractivity (Wildman–Crippen MR) is 48.0 cm³/mol. The van der Waals surface area contributed by atoms with Crippen LogP contribution in [0.2, 0.25) is 0 Å². The van der Waals surface area contributed by atoms with Crippen LogP contribution in [-0.2, 0) is 6.42 Å². The van der Waals surface area contributed by atoms with Gasteiger partial charge < -0.3 is 0 Å². The van der Waals surface area contributed by atoms with Gasteiger partial charge in [-0.05, 0) is 24.1 Å². The molecule has 0 atom stereocenters. The maximum Gasteiger partial charge on any atom is 0.280 e. The monoisotopic (exact) mass is 207 g/mol. The standard InChI is InChI=1S/C10H7F2N3/c1-6-7(2-3-13)4-8(10(11)12)15-9(6)5-14/h4,10H,2H2,1H3. The number of halogens is 2. The van der Waals surface area contributed by atoms with Crippen LogP contribution in [0.5, 0.6) is 0 Å². The predicted octanol–water partition coefficient (Wildman–Crippen LogP) is 2.27. The number of rotatable bonds is 2. The van der Waals surface area contributed by atoms with Crippen LogP contribution < -0.4 is 0 Å². The SMILES string of the molecule is Cc1c(CC#N)cc(C(F)F)nc1C#N. The highest BCUT2D eigenvalue weighted by Crippen LogP contribution is 2.21. The summed E-state index contributed by atoms with van der Waals surface area (Å²) in [6, 6.07) is 4.77. The average Bonchev–Trinajstić information content (AvgIpc) is 2.21. The Morgan fingerprint density at radius 3 is 2.60 bits per heavy atom. The average molecular weight is 207 g/mol. The minimum Gasteiger partial charge on any atom is -0.236 e. The summed E-state index contributed by atoms with van der Waals surface area (Å²) >= 11 is 0. The normalized spacial score (nSPS) is 9.73. The van der Waals surface area contributed by atoms with Crippen molar-refractivity contribution < 1.29 is 8.78 Å². The van der Waals surface area contributed by atoms with Gasteiger partial charge in [-0.3, -0.25) is 0 Å². The molecule has 0 unspecified atom stereocenters. The second-order valence-corrected chi connectivity index (χ2v) is 2.93. The van der Waals surface area contributed by atoms with Crippen LogP contribution in [0.25, 0.3) is 0 Å². The fourth-order valence-electron chi connectivity index (χ4n) is 1.17. The van der Waals surface area contributed by atoms with E-state index in [1.165, 1.54) is 6.07 Å². The summed E-state index contributed by atoms with van der Waals surface area (Å²) in [5.74, 6) is 0. The van der Waals surface area contributed by atoms with Gasteiger partial charge in [0.2, 0.25) is 0 Å². The van der Waals surface area contributed by atoms with Crippen molar-refractivity contribution in [3.63, 3.8) is 0 Å². The molecular weight excluding hydrogens is 200 g/mol. The van der Waals surface area contributed by atoms with Gasteiger partial charge >= 0.3 is 0 Å². The largest absolute Gasteiger partial charge is 0.280 e. The van der Waals surface area contributed by atoms with Gasteiger partial charge in [0.05, 0.1) is 12.5 Å². The number of nitrogens with zero attached hydrogens (tertiary/aromatic N) is 3. The summed E-state index contributed by atoms with van der Waals surface area (Å²) in [6.45, 7) is 1.59. The van der Waals surface area contributed by atoms with Crippen molar-refractivity contribution in [1.82, 2.24) is 4.98 Å². The van der Waals surface area contributed by atoms with Crippen LogP contribution in [0, 0.1) is 29.6 Å². The Balaban J connectivity index is 3.34. The van der Waals surface area contributed by atoms with Crippen molar-refractivity contribution in [2.45, 2.75) is 19.8 Å². The first-order valence-corrected chi connectivity index (χ1v) is 4.15. The van der Waals surface area contributed by atoms with E-state index in [4.69, 9.17) is 10.5 Å². The highest BCUT2D eigenvalue weighted by molar-refractivity contribution is 5.39. The van der Waals surface area contributed by atoms with E-state index in [2.05, 4.69) is 4.98 Å². The highest BCUT2D eigenvalue weighted by atomic mass is 19.3. The van der Waals surface area contributed by atoms with Crippen molar-refractivity contribution in [2.75, 3.05) is 0 Å². The van der Waals surface area contributed by atoms with E-state index in [-0.39, 0.29) is 12.1 Å². The summed E-state index contributed by atoms with van der Waals surface area (Å²) < 4.78 is 24.8. The lowest BCUT2D eigenvalue weighted by Gasteiger charge is -2.06. The summed E-state index contributed by atoms with van der Waals surface area (Å²) in [4.78, 5) is 3.51. The molecule has 0 saturated carbocycles. The van der Waals surface area contributed by atoms with Gasteiger partial charge in [-0.2, -0.15) is 10.5 Å². The summed E-state index contributed by atoms with van der Waals surface area (Å²) in [5, 5.41) is 17.2. The van der Waals surface area contributed by atoms with Gasteiger partial charge in [0.15, 0.2) is 0 Å². The quantitative estimate of drug-likeness (QED) is 0.747. The Morgan fingerprint density at radius 2 is 2.13 bits per heavy atom. The Labute approximate surface area is 85.6 Å². The van der Waals surface area contributed by atoms with Crippen LogP contribution in [0.1, 0.15) is 28.9 Å². The third kappa shape index (κ3) is 2.26. The molecule has 1 rings (SSSR count). The third-order valence-electron chi connectivity index (χ3n) is 2.00. The van der Waals surface area contributed by atoms with Crippen molar-refractivity contribution in [3.8, 4) is 12.1 Å². The molecule has 1 aromatic rings. The zero-order valence-corrected chi connectivity index (χ0v) is 7.96. The van der Waals surface area contributed by atoms with E-state index in [9.17, 15) is 8.78 Å². The molecule has 0 N–H and O–H groups in total. The molecule has 76 valence electrons. The van der Waals surface area contributed by atoms with E-state index in [1.54, 1.807) is 13.0 Å². The molecule has 0 fully saturated rings. The highest BCUT2D eigenvalue weighted by Gasteiger charge is 2.14. The molecule has 1 aromatic heterocycles. The van der Waals surface area contributed by atoms with Crippen molar-refractivity contribution >= 4 is 0 Å². The lowest BCUT2D eigenvalue weighted by molar-refractivity contribution is 0.146. The van der Waals surface area contributed by atoms with E-state index in [0.29, 0.717) is 11.1 Å². The van der Waals surface area contributed by atoms with Crippen molar-refractivity contribution in [2.24, 2.45) is 0 Å². The number of alkyl halides is 2. The van der Waals surface area contributed by atoms with Gasteiger partial charge in [-0.25, -0.2) is 13.8 Å². The summed E-state index contributed by atoms with van der Waals surface area (Å²) in [5.41, 5.74) is 0.420. The first kappa shape index (κ1) is 11.1. The number of hydrogen-bond donors (Lipinski definition) is 0. The fraction of sp³-hybridized carbons (Fsp3) is 0.300. The molecule has 0 bridgehead atoms. The van der Waals surface area contributed by atoms with E-state index >= 15 is 0 Å². The molecule has 0 radical (unpaired) electrons. The molecule has 0 aliphatic rings. The minimum atomic E-state index is -2.73. The van der Waals surface area contributed by atoms with Gasteiger partial charge in [0.25, 0.3) is 6.43 Å². The fourth-order valence-corrected chi connectivity index (χ4v) is 1.17. The molecule has 0 amide bonds. The Hall–Kier alpha value is -2.01. The Kier molecular flexibility index (Phi) is 3.30. The molecule has 5 heteroatoms. The van der Waals surface area contributed by atoms with Crippen molar-refractivity contribution in [1.29, 1.82) is 10.5 Å². The van der Waals surface area contributed by atoms with Crippen molar-refractivity contribution in [3.05, 3.63) is 28.6 Å². The maximum absolute atomic E-state index is 12.4. The number of nitriles is 2. The van der Waals surface area contributed by atoms with Crippen LogP contribution in [0.15, 0.2) is 6.07 Å². The van der Waals surface area contributed by atoms with Gasteiger partial charge in [-0.1, -0.05) is 0 Å². The van der Waals surface area contributed by atoms with Gasteiger partial charge in [0.1, 0.15) is 17.5 Å². The molecule has 3 nitrogen and oxygen atoms in total. The molecule has 0 aliphatic carbocycles. The Bertz CT molecular complexity index is 455. The van der Waals surface area contributed by atoms with Gasteiger partial charge in [0, 0.05) is 0 Å². The van der Waals surface area contributed by atoms with E-state index in [1.807, 2.05) is 6.07 Å². The first-order valence-electron chi connectivity index (χ1n) is 4.15. The molecule has 0 aliphatic heterocycles. The third-order valence-corrected chi connectivity index (χ3v) is 2.00. The zero-order chi connectivity index (χ0) is 11.4. The first-order chi connectivity index (χ1) is 7.10. The lowest BCUT2D eigenvalue weighted by Crippen LogP contribution is -2.01. The van der Waals surface area contributed by atoms with Gasteiger partial charge in [-0.15, -0.1) is 0 Å². The molecule has 1 heterocycles. The molecule has 15 heavy (non-hydrogen) atoms. The number of aromatic nitrogens is 1. The Morgan fingerprint density at radius 1 is 1.47 bits per heavy atom. The molecular formula is C10H7F2N3. The topological polar surface area (TPSA) is 60.5 Å². The van der Waals surface area contributed by atoms with E-state index < -0.39 is 12.1 Å². The van der Waals surface area contributed by atoms with Crippen LogP contribution in [0.3, 0.4) is 0 Å². The molecule has 0 aromatic carbocycles. The zero-order valence-electron chi connectivity index (χ0n) is 7.96. The second kappa shape index (κ2) is 4.47. The number of hydrogen-bond acceptors (Lipinski definition) is 3. The lowest BCUT2D eigenvalue weighted by atomic mass is 10.0. The summed E-state index contributed by atoms with van der Waals surface area (Å²) in [7, 11) is 0. The smallest absolute Gasteiger partial charge is 0.236 e. The molecule has 0 saturated heterocycles. The van der Waals surface area contributed by atoms with E-state index in [0.717, 1.165) is 0 Å². The summed E-state index contributed by atoms with van der Waals surface area (Å²) in [6.07, 6.45) is -2.72. The second-order valence-electron chi connectivity index (χ2n) is 2.93. The van der Waals surface area contributed by atoms with Crippen LogP contribution in [0.4, 0.5) is 8.78 Å². The van der Waals surface area contributed by atoms with Crippen LogP contribution in [-0.4, -0.2) is 4.98 Å².